The number of hydrogen-bond donors (Lipinski definition) is 0. The molecule has 1 aliphatic heterocycles. The van der Waals surface area contributed by atoms with Crippen molar-refractivity contribution in [3.63, 3.8) is 0 Å². The quantitative estimate of drug-likeness (QED) is 0.287. The van der Waals surface area contributed by atoms with Crippen molar-refractivity contribution >= 4 is 21.5 Å². The molecule has 1 aliphatic carbocycles. The average Bonchev–Trinajstić information content (AvgIpc) is 3.01. The fourth-order valence-electron chi connectivity index (χ4n) is 6.10. The van der Waals surface area contributed by atoms with Gasteiger partial charge in [0.15, 0.2) is 6.67 Å². The summed E-state index contributed by atoms with van der Waals surface area (Å²) in [5.74, 6) is -2.24. The molecule has 36 heavy (non-hydrogen) atoms. The summed E-state index contributed by atoms with van der Waals surface area (Å²) >= 11 is 0. The number of alkyl halides is 3. The topological polar surface area (TPSA) is 18.5 Å². The number of rotatable bonds is 3. The lowest BCUT2D eigenvalue weighted by Crippen LogP contribution is -2.37. The Kier molecular flexibility index (Phi) is 6.02. The summed E-state index contributed by atoms with van der Waals surface area (Å²) in [7, 11) is 0. The van der Waals surface area contributed by atoms with E-state index in [1.807, 2.05) is 36.4 Å². The SMILES string of the molecule is FCC(F)(F)C1CCC(C2COc3ccc4ccccc4c3-c3c(ccc4ccccc34)OC2)CC1. The molecule has 2 nitrogen and oxygen atoms in total. The minimum atomic E-state index is -3.23. The Labute approximate surface area is 209 Å². The molecule has 5 heteroatoms. The van der Waals surface area contributed by atoms with Gasteiger partial charge in [0.1, 0.15) is 11.5 Å². The lowest BCUT2D eigenvalue weighted by molar-refractivity contribution is -0.0940. The number of hydrogen-bond acceptors (Lipinski definition) is 2. The maximum Gasteiger partial charge on any atom is 0.278 e. The maximum absolute atomic E-state index is 13.9. The molecule has 2 aliphatic rings. The van der Waals surface area contributed by atoms with E-state index >= 15 is 0 Å². The first-order chi connectivity index (χ1) is 17.5. The molecule has 0 unspecified atom stereocenters. The number of benzene rings is 4. The van der Waals surface area contributed by atoms with Crippen LogP contribution in [0, 0.1) is 17.8 Å². The van der Waals surface area contributed by atoms with E-state index < -0.39 is 18.5 Å². The van der Waals surface area contributed by atoms with Gasteiger partial charge in [-0.15, -0.1) is 0 Å². The summed E-state index contributed by atoms with van der Waals surface area (Å²) in [6.45, 7) is -0.675. The van der Waals surface area contributed by atoms with Crippen molar-refractivity contribution in [1.29, 1.82) is 0 Å². The second-order valence-corrected chi connectivity index (χ2v) is 10.2. The third-order valence-corrected chi connectivity index (χ3v) is 8.15. The van der Waals surface area contributed by atoms with Crippen molar-refractivity contribution in [3.8, 4) is 22.6 Å². The summed E-state index contributed by atoms with van der Waals surface area (Å²) in [5, 5.41) is 4.45. The summed E-state index contributed by atoms with van der Waals surface area (Å²) < 4.78 is 53.8. The molecule has 4 aromatic rings. The van der Waals surface area contributed by atoms with Gasteiger partial charge in [0.05, 0.1) is 13.2 Å². The van der Waals surface area contributed by atoms with Gasteiger partial charge >= 0.3 is 0 Å². The molecule has 1 heterocycles. The van der Waals surface area contributed by atoms with E-state index in [0.717, 1.165) is 44.2 Å². The molecule has 1 fully saturated rings. The second-order valence-electron chi connectivity index (χ2n) is 10.2. The molecular formula is C31H29F3O2. The zero-order valence-electron chi connectivity index (χ0n) is 20.1. The third kappa shape index (κ3) is 4.08. The van der Waals surface area contributed by atoms with Crippen LogP contribution in [0.4, 0.5) is 13.2 Å². The highest BCUT2D eigenvalue weighted by atomic mass is 19.3. The van der Waals surface area contributed by atoms with Gasteiger partial charge in [-0.1, -0.05) is 60.7 Å². The van der Waals surface area contributed by atoms with E-state index in [1.54, 1.807) is 0 Å². The Hall–Kier alpha value is -3.21. The van der Waals surface area contributed by atoms with Gasteiger partial charge in [-0.2, -0.15) is 0 Å². The highest BCUT2D eigenvalue weighted by molar-refractivity contribution is 6.09. The first-order valence-corrected chi connectivity index (χ1v) is 12.8. The maximum atomic E-state index is 13.9. The van der Waals surface area contributed by atoms with E-state index in [2.05, 4.69) is 36.4 Å². The Morgan fingerprint density at radius 1 is 0.639 bits per heavy atom. The van der Waals surface area contributed by atoms with Crippen molar-refractivity contribution in [2.24, 2.45) is 17.8 Å². The van der Waals surface area contributed by atoms with Gasteiger partial charge in [-0.25, -0.2) is 13.2 Å². The highest BCUT2D eigenvalue weighted by Gasteiger charge is 2.42. The summed E-state index contributed by atoms with van der Waals surface area (Å²) in [5.41, 5.74) is 2.04. The normalized spacial score (nSPS) is 21.0. The number of ether oxygens (including phenoxy) is 2. The van der Waals surface area contributed by atoms with Crippen LogP contribution in [0.5, 0.6) is 11.5 Å². The van der Waals surface area contributed by atoms with Gasteiger partial charge in [0.25, 0.3) is 5.92 Å². The molecule has 0 amide bonds. The average molecular weight is 491 g/mol. The highest BCUT2D eigenvalue weighted by Crippen LogP contribution is 2.47. The van der Waals surface area contributed by atoms with Crippen LogP contribution in [0.3, 0.4) is 0 Å². The Morgan fingerprint density at radius 2 is 1.14 bits per heavy atom. The molecule has 1 saturated carbocycles. The van der Waals surface area contributed by atoms with E-state index in [1.165, 1.54) is 0 Å². The van der Waals surface area contributed by atoms with Crippen LogP contribution < -0.4 is 9.47 Å². The molecular weight excluding hydrogens is 461 g/mol. The van der Waals surface area contributed by atoms with Crippen LogP contribution in [-0.2, 0) is 0 Å². The van der Waals surface area contributed by atoms with E-state index in [0.29, 0.717) is 38.9 Å². The fourth-order valence-corrected chi connectivity index (χ4v) is 6.10. The molecule has 4 aromatic carbocycles. The summed E-state index contributed by atoms with van der Waals surface area (Å²) in [6.07, 6.45) is 1.93. The molecule has 0 radical (unpaired) electrons. The van der Waals surface area contributed by atoms with Crippen LogP contribution in [0.15, 0.2) is 72.8 Å². The molecule has 0 spiro atoms. The van der Waals surface area contributed by atoms with Crippen molar-refractivity contribution < 1.29 is 22.6 Å². The predicted molar refractivity (Wildman–Crippen MR) is 138 cm³/mol. The third-order valence-electron chi connectivity index (χ3n) is 8.15. The van der Waals surface area contributed by atoms with Crippen molar-refractivity contribution in [1.82, 2.24) is 0 Å². The van der Waals surface area contributed by atoms with Crippen LogP contribution >= 0.6 is 0 Å². The smallest absolute Gasteiger partial charge is 0.278 e. The largest absolute Gasteiger partial charge is 0.492 e. The zero-order chi connectivity index (χ0) is 24.7. The Balaban J connectivity index is 1.40. The first-order valence-electron chi connectivity index (χ1n) is 12.8. The molecule has 0 aromatic heterocycles. The number of fused-ring (bicyclic) bond motifs is 7. The van der Waals surface area contributed by atoms with E-state index in [-0.39, 0.29) is 11.8 Å². The molecule has 0 saturated heterocycles. The first kappa shape index (κ1) is 23.2. The Morgan fingerprint density at radius 3 is 1.64 bits per heavy atom. The molecule has 0 N–H and O–H groups in total. The van der Waals surface area contributed by atoms with E-state index in [9.17, 15) is 13.2 Å². The van der Waals surface area contributed by atoms with Gasteiger partial charge < -0.3 is 9.47 Å². The summed E-state index contributed by atoms with van der Waals surface area (Å²) in [6, 6.07) is 24.8. The van der Waals surface area contributed by atoms with Gasteiger partial charge in [0, 0.05) is 23.0 Å². The summed E-state index contributed by atoms with van der Waals surface area (Å²) in [4.78, 5) is 0. The fraction of sp³-hybridized carbons (Fsp3) is 0.355. The second kappa shape index (κ2) is 9.34. The molecule has 0 atom stereocenters. The van der Waals surface area contributed by atoms with Gasteiger partial charge in [-0.05, 0) is 65.3 Å². The van der Waals surface area contributed by atoms with Gasteiger partial charge in [-0.3, -0.25) is 0 Å². The lowest BCUT2D eigenvalue weighted by Gasteiger charge is -2.35. The van der Waals surface area contributed by atoms with Crippen LogP contribution in [0.25, 0.3) is 32.7 Å². The van der Waals surface area contributed by atoms with Crippen LogP contribution in [-0.4, -0.2) is 25.8 Å². The van der Waals surface area contributed by atoms with Crippen molar-refractivity contribution in [2.75, 3.05) is 19.9 Å². The Bertz CT molecular complexity index is 1300. The molecule has 0 bridgehead atoms. The minimum absolute atomic E-state index is 0.0571. The van der Waals surface area contributed by atoms with E-state index in [4.69, 9.17) is 9.47 Å². The van der Waals surface area contributed by atoms with Crippen LogP contribution in [0.1, 0.15) is 25.7 Å². The van der Waals surface area contributed by atoms with Crippen LogP contribution in [0.2, 0.25) is 0 Å². The monoisotopic (exact) mass is 490 g/mol. The minimum Gasteiger partial charge on any atom is -0.492 e. The molecule has 6 rings (SSSR count). The van der Waals surface area contributed by atoms with Crippen molar-refractivity contribution in [3.05, 3.63) is 72.8 Å². The lowest BCUT2D eigenvalue weighted by atomic mass is 9.74. The standard InChI is InChI=1S/C31H29F3O2/c32-19-31(33,34)24-13-9-20(10-14-24)23-17-35-27-15-11-21-5-1-3-7-25(21)29(27)30-26-8-4-2-6-22(26)12-16-28(30)36-18-23/h1-8,11-12,15-16,20,23-24H,9-10,13-14,17-19H2. The van der Waals surface area contributed by atoms with Crippen molar-refractivity contribution in [2.45, 2.75) is 31.6 Å². The molecule has 186 valence electrons. The van der Waals surface area contributed by atoms with Gasteiger partial charge in [0.2, 0.25) is 0 Å². The number of halogens is 3. The predicted octanol–water partition coefficient (Wildman–Crippen LogP) is 8.46. The zero-order valence-corrected chi connectivity index (χ0v) is 20.1.